The summed E-state index contributed by atoms with van der Waals surface area (Å²) in [6, 6.07) is 0. The molecule has 0 N–H and O–H groups in total. The molecule has 1 saturated heterocycles. The summed E-state index contributed by atoms with van der Waals surface area (Å²) in [5.41, 5.74) is 0. The zero-order chi connectivity index (χ0) is 12.7. The summed E-state index contributed by atoms with van der Waals surface area (Å²) in [6.07, 6.45) is 7.31. The minimum atomic E-state index is -0.0883. The van der Waals surface area contributed by atoms with Gasteiger partial charge in [0.2, 0.25) is 0 Å². The Morgan fingerprint density at radius 3 is 2.24 bits per heavy atom. The molecule has 1 fully saturated rings. The lowest BCUT2D eigenvalue weighted by atomic mass is 10.2. The van der Waals surface area contributed by atoms with Crippen LogP contribution in [0, 0.1) is 0 Å². The fourth-order valence-corrected chi connectivity index (χ4v) is 5.06. The molecular formula is C13H31N3Si. The van der Waals surface area contributed by atoms with Crippen molar-refractivity contribution in [1.29, 1.82) is 0 Å². The lowest BCUT2D eigenvalue weighted by molar-refractivity contribution is -0.0293. The summed E-state index contributed by atoms with van der Waals surface area (Å²) < 4.78 is 5.50. The van der Waals surface area contributed by atoms with Crippen molar-refractivity contribution in [1.82, 2.24) is 14.0 Å². The van der Waals surface area contributed by atoms with Crippen molar-refractivity contribution in [3.63, 3.8) is 0 Å². The summed E-state index contributed by atoms with van der Waals surface area (Å²) in [7, 11) is 2.20. The van der Waals surface area contributed by atoms with Crippen LogP contribution in [0.15, 0.2) is 0 Å². The summed E-state index contributed by atoms with van der Waals surface area (Å²) >= 11 is 0. The first-order valence-corrected chi connectivity index (χ1v) is 8.69. The SMILES string of the molecule is CCCCCN1[SiH2]N(CCC)C1N(C)CCC. The van der Waals surface area contributed by atoms with Gasteiger partial charge in [-0.15, -0.1) is 0 Å². The second-order valence-corrected chi connectivity index (χ2v) is 7.21. The molecule has 0 bridgehead atoms. The van der Waals surface area contributed by atoms with Gasteiger partial charge in [0.25, 0.3) is 0 Å². The highest BCUT2D eigenvalue weighted by molar-refractivity contribution is 6.32. The Kier molecular flexibility index (Phi) is 7.35. The Labute approximate surface area is 110 Å². The van der Waals surface area contributed by atoms with Crippen molar-refractivity contribution < 1.29 is 0 Å². The van der Waals surface area contributed by atoms with Gasteiger partial charge in [0.1, 0.15) is 6.29 Å². The Morgan fingerprint density at radius 1 is 0.941 bits per heavy atom. The minimum Gasteiger partial charge on any atom is -0.289 e. The molecular weight excluding hydrogens is 226 g/mol. The molecule has 0 saturated carbocycles. The highest BCUT2D eigenvalue weighted by atomic mass is 28.2. The van der Waals surface area contributed by atoms with Crippen LogP contribution < -0.4 is 0 Å². The van der Waals surface area contributed by atoms with Crippen molar-refractivity contribution >= 4 is 9.84 Å². The van der Waals surface area contributed by atoms with Crippen LogP contribution in [0.3, 0.4) is 0 Å². The maximum absolute atomic E-state index is 2.76. The Morgan fingerprint density at radius 2 is 1.65 bits per heavy atom. The molecule has 1 aliphatic heterocycles. The average Bonchev–Trinajstić information content (AvgIpc) is 2.27. The topological polar surface area (TPSA) is 9.72 Å². The largest absolute Gasteiger partial charge is 0.289 e. The summed E-state index contributed by atoms with van der Waals surface area (Å²) in [5, 5.41) is 0. The first-order valence-electron chi connectivity index (χ1n) is 7.42. The smallest absolute Gasteiger partial charge is 0.177 e. The van der Waals surface area contributed by atoms with Crippen LogP contribution in [-0.4, -0.2) is 56.8 Å². The number of nitrogens with zero attached hydrogens (tertiary/aromatic N) is 3. The monoisotopic (exact) mass is 257 g/mol. The van der Waals surface area contributed by atoms with Gasteiger partial charge < -0.3 is 0 Å². The van der Waals surface area contributed by atoms with Crippen molar-refractivity contribution in [2.75, 3.05) is 26.7 Å². The molecule has 0 aliphatic carbocycles. The van der Waals surface area contributed by atoms with Gasteiger partial charge in [-0.05, 0) is 39.4 Å². The maximum Gasteiger partial charge on any atom is 0.177 e. The Balaban J connectivity index is 2.38. The first-order chi connectivity index (χ1) is 8.24. The van der Waals surface area contributed by atoms with E-state index in [0.717, 1.165) is 0 Å². The molecule has 0 aromatic heterocycles. The van der Waals surface area contributed by atoms with E-state index in [2.05, 4.69) is 41.8 Å². The van der Waals surface area contributed by atoms with Gasteiger partial charge in [0, 0.05) is 6.54 Å². The molecule has 1 atom stereocenters. The van der Waals surface area contributed by atoms with Gasteiger partial charge in [-0.2, -0.15) is 0 Å². The van der Waals surface area contributed by atoms with E-state index in [1.807, 2.05) is 0 Å². The van der Waals surface area contributed by atoms with E-state index in [4.69, 9.17) is 0 Å². The standard InChI is InChI=1S/C13H31N3Si/c1-5-8-9-12-16-13(14(4)10-6-2)15(17-16)11-7-3/h13H,5-12,17H2,1-4H3. The number of rotatable bonds is 9. The second kappa shape index (κ2) is 8.24. The molecule has 0 amide bonds. The van der Waals surface area contributed by atoms with E-state index in [1.54, 1.807) is 0 Å². The van der Waals surface area contributed by atoms with Gasteiger partial charge in [-0.3, -0.25) is 14.0 Å². The van der Waals surface area contributed by atoms with E-state index in [0.29, 0.717) is 6.29 Å². The summed E-state index contributed by atoms with van der Waals surface area (Å²) in [4.78, 5) is 2.54. The van der Waals surface area contributed by atoms with Crippen LogP contribution in [0.2, 0.25) is 0 Å². The fraction of sp³-hybridized carbons (Fsp3) is 1.00. The van der Waals surface area contributed by atoms with E-state index < -0.39 is 0 Å². The van der Waals surface area contributed by atoms with Gasteiger partial charge in [-0.1, -0.05) is 33.6 Å². The molecule has 1 unspecified atom stereocenters. The average molecular weight is 257 g/mol. The Hall–Kier alpha value is 0.0969. The summed E-state index contributed by atoms with van der Waals surface area (Å²) in [5.74, 6) is 0. The van der Waals surface area contributed by atoms with Crippen molar-refractivity contribution in [2.24, 2.45) is 0 Å². The van der Waals surface area contributed by atoms with E-state index in [9.17, 15) is 0 Å². The maximum atomic E-state index is 2.76. The zero-order valence-corrected chi connectivity index (χ0v) is 13.7. The first kappa shape index (κ1) is 15.2. The molecule has 1 rings (SSSR count). The third-order valence-corrected chi connectivity index (χ3v) is 5.56. The van der Waals surface area contributed by atoms with Gasteiger partial charge in [-0.25, -0.2) is 0 Å². The third-order valence-electron chi connectivity index (χ3n) is 3.55. The van der Waals surface area contributed by atoms with Crippen LogP contribution in [0.25, 0.3) is 0 Å². The minimum absolute atomic E-state index is 0.0883. The molecule has 0 spiro atoms. The molecule has 0 aromatic carbocycles. The second-order valence-electron chi connectivity index (χ2n) is 5.30. The summed E-state index contributed by atoms with van der Waals surface area (Å²) in [6.45, 7) is 10.7. The van der Waals surface area contributed by atoms with E-state index in [1.165, 1.54) is 51.7 Å². The molecule has 3 nitrogen and oxygen atoms in total. The molecule has 17 heavy (non-hydrogen) atoms. The predicted molar refractivity (Wildman–Crippen MR) is 78.5 cm³/mol. The van der Waals surface area contributed by atoms with Gasteiger partial charge in [0.05, 0.1) is 0 Å². The highest BCUT2D eigenvalue weighted by Gasteiger charge is 2.37. The van der Waals surface area contributed by atoms with Crippen LogP contribution in [0.1, 0.15) is 52.9 Å². The number of unbranched alkanes of at least 4 members (excludes halogenated alkanes) is 2. The van der Waals surface area contributed by atoms with Crippen molar-refractivity contribution in [3.05, 3.63) is 0 Å². The fourth-order valence-electron chi connectivity index (χ4n) is 2.76. The van der Waals surface area contributed by atoms with Gasteiger partial charge >= 0.3 is 0 Å². The van der Waals surface area contributed by atoms with Crippen LogP contribution in [-0.2, 0) is 0 Å². The lowest BCUT2D eigenvalue weighted by Crippen LogP contribution is -2.72. The Bertz CT molecular complexity index is 191. The van der Waals surface area contributed by atoms with Crippen LogP contribution in [0.5, 0.6) is 0 Å². The molecule has 1 aliphatic rings. The molecule has 0 aromatic rings. The van der Waals surface area contributed by atoms with Crippen molar-refractivity contribution in [3.8, 4) is 0 Å². The van der Waals surface area contributed by atoms with Crippen molar-refractivity contribution in [2.45, 2.75) is 59.2 Å². The number of hydrogen-bond acceptors (Lipinski definition) is 3. The van der Waals surface area contributed by atoms with Gasteiger partial charge in [0.15, 0.2) is 9.84 Å². The highest BCUT2D eigenvalue weighted by Crippen LogP contribution is 2.20. The van der Waals surface area contributed by atoms with Crippen LogP contribution >= 0.6 is 0 Å². The normalized spacial score (nSPS) is 23.5. The molecule has 0 radical (unpaired) electrons. The van der Waals surface area contributed by atoms with E-state index >= 15 is 0 Å². The molecule has 1 heterocycles. The van der Waals surface area contributed by atoms with E-state index in [-0.39, 0.29) is 9.84 Å². The molecule has 102 valence electrons. The zero-order valence-electron chi connectivity index (χ0n) is 12.3. The predicted octanol–water partition coefficient (Wildman–Crippen LogP) is 1.83. The van der Waals surface area contributed by atoms with Crippen LogP contribution in [0.4, 0.5) is 0 Å². The lowest BCUT2D eigenvalue weighted by Gasteiger charge is -2.54. The molecule has 4 heteroatoms. The number of hydrogen-bond donors (Lipinski definition) is 0. The third kappa shape index (κ3) is 4.36. The quantitative estimate of drug-likeness (QED) is 0.461.